The smallest absolute Gasteiger partial charge is 0.273 e. The van der Waals surface area contributed by atoms with Crippen LogP contribution in [-0.2, 0) is 6.54 Å². The Morgan fingerprint density at radius 2 is 2.29 bits per heavy atom. The number of benzene rings is 1. The second-order valence-electron chi connectivity index (χ2n) is 4.96. The predicted octanol–water partition coefficient (Wildman–Crippen LogP) is 2.11. The summed E-state index contributed by atoms with van der Waals surface area (Å²) in [6.07, 6.45) is 4.98. The summed E-state index contributed by atoms with van der Waals surface area (Å²) in [6.45, 7) is 1.11. The number of aromatic nitrogens is 4. The van der Waals surface area contributed by atoms with E-state index in [9.17, 15) is 9.90 Å². The van der Waals surface area contributed by atoms with E-state index in [-0.39, 0.29) is 22.4 Å². The molecule has 3 aromatic rings. The van der Waals surface area contributed by atoms with Gasteiger partial charge in [0.1, 0.15) is 18.4 Å². The molecule has 3 rings (SSSR count). The van der Waals surface area contributed by atoms with Gasteiger partial charge in [0.25, 0.3) is 5.91 Å². The van der Waals surface area contributed by atoms with Crippen LogP contribution in [0.1, 0.15) is 16.9 Å². The third-order valence-corrected chi connectivity index (χ3v) is 3.61. The molecule has 0 fully saturated rings. The molecule has 124 valence electrons. The molecule has 24 heavy (non-hydrogen) atoms. The summed E-state index contributed by atoms with van der Waals surface area (Å²) in [6, 6.07) is 4.54. The number of phenolic OH excluding ortho intramolecular Hbond substituents is 1. The Bertz CT molecular complexity index is 832. The van der Waals surface area contributed by atoms with Crippen molar-refractivity contribution in [1.82, 2.24) is 25.1 Å². The van der Waals surface area contributed by atoms with Crippen LogP contribution < -0.4 is 5.32 Å². The number of hydrogen-bond donors (Lipinski definition) is 2. The first kappa shape index (κ1) is 16.0. The third kappa shape index (κ3) is 3.54. The third-order valence-electron chi connectivity index (χ3n) is 3.31. The first-order chi connectivity index (χ1) is 11.6. The van der Waals surface area contributed by atoms with E-state index in [0.29, 0.717) is 30.8 Å². The molecule has 0 atom stereocenters. The van der Waals surface area contributed by atoms with Crippen molar-refractivity contribution in [1.29, 1.82) is 0 Å². The molecule has 0 unspecified atom stereocenters. The maximum absolute atomic E-state index is 12.3. The van der Waals surface area contributed by atoms with Gasteiger partial charge in [-0.05, 0) is 24.6 Å². The number of nitrogens with zero attached hydrogens (tertiary/aromatic N) is 4. The number of carbonyl (C=O) groups excluding carboxylic acids is 1. The Balaban J connectivity index is 1.63. The fourth-order valence-corrected chi connectivity index (χ4v) is 2.32. The van der Waals surface area contributed by atoms with Crippen LogP contribution in [-0.4, -0.2) is 37.3 Å². The standard InChI is InChI=1S/C15H14ClN5O3/c16-11-6-10(2-3-12(11)22)14-13(19-9-24-14)15(23)18-4-1-5-21-8-17-7-20-21/h2-3,6-9,22H,1,4-5H2,(H,18,23). The molecule has 0 aliphatic carbocycles. The first-order valence-electron chi connectivity index (χ1n) is 7.18. The average molecular weight is 348 g/mol. The molecule has 9 heteroatoms. The van der Waals surface area contributed by atoms with Crippen LogP contribution in [0.4, 0.5) is 0 Å². The number of rotatable bonds is 6. The molecule has 0 aliphatic heterocycles. The van der Waals surface area contributed by atoms with Gasteiger partial charge in [0, 0.05) is 18.7 Å². The number of aromatic hydroxyl groups is 1. The van der Waals surface area contributed by atoms with Gasteiger partial charge in [-0.2, -0.15) is 5.10 Å². The maximum Gasteiger partial charge on any atom is 0.273 e. The van der Waals surface area contributed by atoms with E-state index in [1.54, 1.807) is 17.1 Å². The number of nitrogens with one attached hydrogen (secondary N) is 1. The van der Waals surface area contributed by atoms with Crippen LogP contribution in [0.15, 0.2) is 41.7 Å². The SMILES string of the molecule is O=C(NCCCn1cncn1)c1ncoc1-c1ccc(O)c(Cl)c1. The molecule has 2 aromatic heterocycles. The van der Waals surface area contributed by atoms with Crippen molar-refractivity contribution in [2.24, 2.45) is 0 Å². The zero-order valence-corrected chi connectivity index (χ0v) is 13.3. The van der Waals surface area contributed by atoms with Crippen molar-refractivity contribution in [2.75, 3.05) is 6.54 Å². The van der Waals surface area contributed by atoms with E-state index in [0.717, 1.165) is 0 Å². The minimum atomic E-state index is -0.346. The van der Waals surface area contributed by atoms with E-state index >= 15 is 0 Å². The van der Waals surface area contributed by atoms with Crippen LogP contribution in [0.5, 0.6) is 5.75 Å². The number of amides is 1. The van der Waals surface area contributed by atoms with Crippen molar-refractivity contribution >= 4 is 17.5 Å². The number of halogens is 1. The minimum absolute atomic E-state index is 0.0426. The highest BCUT2D eigenvalue weighted by molar-refractivity contribution is 6.32. The Hall–Kier alpha value is -2.87. The van der Waals surface area contributed by atoms with Crippen LogP contribution in [0.25, 0.3) is 11.3 Å². The number of phenols is 1. The summed E-state index contributed by atoms with van der Waals surface area (Å²) in [7, 11) is 0. The van der Waals surface area contributed by atoms with Crippen molar-refractivity contribution in [3.05, 3.63) is 48.0 Å². The summed E-state index contributed by atoms with van der Waals surface area (Å²) < 4.78 is 6.98. The van der Waals surface area contributed by atoms with E-state index in [1.807, 2.05) is 0 Å². The van der Waals surface area contributed by atoms with Gasteiger partial charge in [-0.15, -0.1) is 0 Å². The average Bonchev–Trinajstić information content (AvgIpc) is 3.25. The molecular weight excluding hydrogens is 334 g/mol. The van der Waals surface area contributed by atoms with E-state index < -0.39 is 0 Å². The topological polar surface area (TPSA) is 106 Å². The lowest BCUT2D eigenvalue weighted by molar-refractivity contribution is 0.0948. The zero-order chi connectivity index (χ0) is 16.9. The van der Waals surface area contributed by atoms with Gasteiger partial charge >= 0.3 is 0 Å². The highest BCUT2D eigenvalue weighted by Crippen LogP contribution is 2.30. The van der Waals surface area contributed by atoms with E-state index in [2.05, 4.69) is 20.4 Å². The summed E-state index contributed by atoms with van der Waals surface area (Å²) in [5.41, 5.74) is 0.723. The number of oxazole rings is 1. The van der Waals surface area contributed by atoms with Crippen LogP contribution in [0.2, 0.25) is 5.02 Å². The molecule has 0 spiro atoms. The van der Waals surface area contributed by atoms with Gasteiger partial charge in [-0.25, -0.2) is 9.97 Å². The second-order valence-corrected chi connectivity index (χ2v) is 5.37. The fourth-order valence-electron chi connectivity index (χ4n) is 2.14. The summed E-state index contributed by atoms with van der Waals surface area (Å²) in [4.78, 5) is 20.1. The Kier molecular flexibility index (Phi) is 4.76. The lowest BCUT2D eigenvalue weighted by atomic mass is 10.1. The zero-order valence-electron chi connectivity index (χ0n) is 12.5. The largest absolute Gasteiger partial charge is 0.506 e. The van der Waals surface area contributed by atoms with Crippen molar-refractivity contribution in [2.45, 2.75) is 13.0 Å². The van der Waals surface area contributed by atoms with Gasteiger partial charge in [-0.3, -0.25) is 9.48 Å². The summed E-state index contributed by atoms with van der Waals surface area (Å²) in [5.74, 6) is -0.0914. The minimum Gasteiger partial charge on any atom is -0.506 e. The normalized spacial score (nSPS) is 10.7. The number of carbonyl (C=O) groups is 1. The maximum atomic E-state index is 12.3. The molecule has 2 heterocycles. The number of aryl methyl sites for hydroxylation is 1. The molecule has 1 amide bonds. The second kappa shape index (κ2) is 7.14. The highest BCUT2D eigenvalue weighted by atomic mass is 35.5. The predicted molar refractivity (Wildman–Crippen MR) is 85.6 cm³/mol. The molecule has 1 aromatic carbocycles. The summed E-state index contributed by atoms with van der Waals surface area (Å²) in [5, 5.41) is 16.4. The van der Waals surface area contributed by atoms with Crippen molar-refractivity contribution < 1.29 is 14.3 Å². The van der Waals surface area contributed by atoms with Gasteiger partial charge in [-0.1, -0.05) is 11.6 Å². The fraction of sp³-hybridized carbons (Fsp3) is 0.200. The Labute approximate surface area is 142 Å². The molecule has 0 aliphatic rings. The Morgan fingerprint density at radius 3 is 3.04 bits per heavy atom. The van der Waals surface area contributed by atoms with Crippen LogP contribution in [0, 0.1) is 0 Å². The van der Waals surface area contributed by atoms with Gasteiger partial charge in [0.2, 0.25) is 0 Å². The first-order valence-corrected chi connectivity index (χ1v) is 7.56. The van der Waals surface area contributed by atoms with Gasteiger partial charge in [0.15, 0.2) is 17.8 Å². The molecular formula is C15H14ClN5O3. The van der Waals surface area contributed by atoms with Crippen LogP contribution >= 0.6 is 11.6 Å². The molecule has 2 N–H and O–H groups in total. The molecule has 0 saturated heterocycles. The Morgan fingerprint density at radius 1 is 1.42 bits per heavy atom. The van der Waals surface area contributed by atoms with Gasteiger partial charge < -0.3 is 14.8 Å². The van der Waals surface area contributed by atoms with Crippen LogP contribution in [0.3, 0.4) is 0 Å². The quantitative estimate of drug-likeness (QED) is 0.661. The van der Waals surface area contributed by atoms with E-state index in [4.69, 9.17) is 16.0 Å². The lowest BCUT2D eigenvalue weighted by Crippen LogP contribution is -2.26. The van der Waals surface area contributed by atoms with Crippen molar-refractivity contribution in [3.63, 3.8) is 0 Å². The molecule has 0 bridgehead atoms. The number of hydrogen-bond acceptors (Lipinski definition) is 6. The molecule has 0 radical (unpaired) electrons. The van der Waals surface area contributed by atoms with Gasteiger partial charge in [0.05, 0.1) is 5.02 Å². The van der Waals surface area contributed by atoms with E-state index in [1.165, 1.54) is 24.9 Å². The monoisotopic (exact) mass is 347 g/mol. The molecule has 0 saturated carbocycles. The lowest BCUT2D eigenvalue weighted by Gasteiger charge is -2.05. The molecule has 8 nitrogen and oxygen atoms in total. The summed E-state index contributed by atoms with van der Waals surface area (Å²) >= 11 is 5.89. The highest BCUT2D eigenvalue weighted by Gasteiger charge is 2.18. The van der Waals surface area contributed by atoms with Crippen molar-refractivity contribution in [3.8, 4) is 17.1 Å².